The Morgan fingerprint density at radius 2 is 1.64 bits per heavy atom. The lowest BCUT2D eigenvalue weighted by Gasteiger charge is -2.34. The molecule has 3 aromatic rings. The summed E-state index contributed by atoms with van der Waals surface area (Å²) in [7, 11) is 0. The quantitative estimate of drug-likeness (QED) is 0.588. The van der Waals surface area contributed by atoms with Crippen LogP contribution in [0, 0.1) is 0 Å². The van der Waals surface area contributed by atoms with E-state index in [1.54, 1.807) is 35.5 Å². The molecule has 0 aliphatic carbocycles. The first-order valence-electron chi connectivity index (χ1n) is 10.6. The fourth-order valence-electron chi connectivity index (χ4n) is 3.43. The fourth-order valence-corrected chi connectivity index (χ4v) is 3.43. The number of ether oxygens (including phenoxy) is 2. The van der Waals surface area contributed by atoms with Crippen LogP contribution in [0.4, 0.5) is 10.6 Å². The average Bonchev–Trinajstić information content (AvgIpc) is 2.86. The molecule has 1 aromatic carbocycles. The molecule has 0 atom stereocenters. The third kappa shape index (κ3) is 5.97. The number of carbonyl (C=O) groups excluding carboxylic acids is 1. The second-order valence-corrected chi connectivity index (χ2v) is 7.48. The Kier molecular flexibility index (Phi) is 6.99. The second-order valence-electron chi connectivity index (χ2n) is 7.48. The van der Waals surface area contributed by atoms with E-state index in [2.05, 4.69) is 9.97 Å². The molecule has 9 heteroatoms. The topological polar surface area (TPSA) is 105 Å². The Labute approximate surface area is 191 Å². The number of rotatable bonds is 7. The number of anilines is 1. The van der Waals surface area contributed by atoms with Crippen molar-refractivity contribution in [1.29, 1.82) is 0 Å². The SMILES string of the molecule is O=C(O)c1ccc(N2CCN(C(=O)Oc3ccc(CCOc4ccncc4)cc3)CC2)nc1. The van der Waals surface area contributed by atoms with E-state index in [-0.39, 0.29) is 5.56 Å². The van der Waals surface area contributed by atoms with Crippen molar-refractivity contribution in [3.8, 4) is 11.5 Å². The number of carboxylic acid groups (broad SMARTS) is 1. The van der Waals surface area contributed by atoms with Crippen LogP contribution < -0.4 is 14.4 Å². The van der Waals surface area contributed by atoms with Crippen molar-refractivity contribution >= 4 is 17.9 Å². The van der Waals surface area contributed by atoms with Gasteiger partial charge in [-0.05, 0) is 42.0 Å². The van der Waals surface area contributed by atoms with Crippen molar-refractivity contribution in [2.45, 2.75) is 6.42 Å². The van der Waals surface area contributed by atoms with Gasteiger partial charge in [0.25, 0.3) is 0 Å². The zero-order chi connectivity index (χ0) is 23.0. The molecule has 9 nitrogen and oxygen atoms in total. The van der Waals surface area contributed by atoms with Gasteiger partial charge in [-0.1, -0.05) is 12.1 Å². The third-order valence-corrected chi connectivity index (χ3v) is 5.29. The zero-order valence-electron chi connectivity index (χ0n) is 18.0. The van der Waals surface area contributed by atoms with Gasteiger partial charge in [0.15, 0.2) is 0 Å². The number of piperazine rings is 1. The maximum atomic E-state index is 12.5. The molecule has 0 radical (unpaired) electrons. The molecule has 4 rings (SSSR count). The average molecular weight is 448 g/mol. The third-order valence-electron chi connectivity index (χ3n) is 5.29. The van der Waals surface area contributed by atoms with E-state index in [9.17, 15) is 9.59 Å². The lowest BCUT2D eigenvalue weighted by molar-refractivity contribution is 0.0696. The van der Waals surface area contributed by atoms with Crippen LogP contribution in [-0.4, -0.2) is 64.8 Å². The highest BCUT2D eigenvalue weighted by molar-refractivity contribution is 5.87. The number of carbonyl (C=O) groups is 2. The Hall–Kier alpha value is -4.14. The predicted octanol–water partition coefficient (Wildman–Crippen LogP) is 3.12. The van der Waals surface area contributed by atoms with Crippen molar-refractivity contribution in [2.24, 2.45) is 0 Å². The van der Waals surface area contributed by atoms with Crippen LogP contribution in [0.15, 0.2) is 67.1 Å². The molecule has 170 valence electrons. The molecular weight excluding hydrogens is 424 g/mol. The Balaban J connectivity index is 1.22. The summed E-state index contributed by atoms with van der Waals surface area (Å²) in [5, 5.41) is 8.98. The van der Waals surface area contributed by atoms with Crippen LogP contribution in [0.3, 0.4) is 0 Å². The molecule has 0 bridgehead atoms. The molecule has 0 spiro atoms. The van der Waals surface area contributed by atoms with Crippen molar-refractivity contribution in [3.05, 3.63) is 78.2 Å². The number of pyridine rings is 2. The van der Waals surface area contributed by atoms with Crippen LogP contribution in [-0.2, 0) is 6.42 Å². The van der Waals surface area contributed by atoms with E-state index < -0.39 is 12.1 Å². The van der Waals surface area contributed by atoms with E-state index in [0.717, 1.165) is 17.7 Å². The van der Waals surface area contributed by atoms with Crippen LogP contribution in [0.5, 0.6) is 11.5 Å². The molecule has 0 unspecified atom stereocenters. The summed E-state index contributed by atoms with van der Waals surface area (Å²) in [6, 6.07) is 14.2. The molecule has 0 saturated carbocycles. The molecule has 1 N–H and O–H groups in total. The molecule has 1 amide bonds. The minimum absolute atomic E-state index is 0.147. The monoisotopic (exact) mass is 448 g/mol. The highest BCUT2D eigenvalue weighted by Crippen LogP contribution is 2.17. The summed E-state index contributed by atoms with van der Waals surface area (Å²) in [4.78, 5) is 35.3. The number of nitrogens with zero attached hydrogens (tertiary/aromatic N) is 4. The number of hydrogen-bond donors (Lipinski definition) is 1. The number of carboxylic acids is 1. The van der Waals surface area contributed by atoms with E-state index >= 15 is 0 Å². The smallest absolute Gasteiger partial charge is 0.415 e. The lowest BCUT2D eigenvalue weighted by atomic mass is 10.1. The van der Waals surface area contributed by atoms with Gasteiger partial charge in [0, 0.05) is 51.2 Å². The van der Waals surface area contributed by atoms with Crippen molar-refractivity contribution in [3.63, 3.8) is 0 Å². The number of aromatic nitrogens is 2. The first-order valence-corrected chi connectivity index (χ1v) is 10.6. The minimum Gasteiger partial charge on any atom is -0.493 e. The van der Waals surface area contributed by atoms with Crippen molar-refractivity contribution in [1.82, 2.24) is 14.9 Å². The largest absolute Gasteiger partial charge is 0.493 e. The van der Waals surface area contributed by atoms with Crippen LogP contribution in [0.2, 0.25) is 0 Å². The summed E-state index contributed by atoms with van der Waals surface area (Å²) in [5.41, 5.74) is 1.23. The van der Waals surface area contributed by atoms with Gasteiger partial charge < -0.3 is 24.4 Å². The first kappa shape index (κ1) is 22.1. The number of aromatic carboxylic acids is 1. The maximum absolute atomic E-state index is 12.5. The standard InChI is InChI=1S/C24H24N4O5/c29-23(30)19-3-6-22(26-17-19)27-12-14-28(15-13-27)24(31)33-21-4-1-18(2-5-21)9-16-32-20-7-10-25-11-8-20/h1-8,10-11,17H,9,12-16H2,(H,29,30). The zero-order valence-corrected chi connectivity index (χ0v) is 18.0. The van der Waals surface area contributed by atoms with E-state index in [0.29, 0.717) is 44.4 Å². The van der Waals surface area contributed by atoms with Gasteiger partial charge in [0.1, 0.15) is 17.3 Å². The highest BCUT2D eigenvalue weighted by atomic mass is 16.6. The first-order chi connectivity index (χ1) is 16.1. The predicted molar refractivity (Wildman–Crippen MR) is 121 cm³/mol. The molecular formula is C24H24N4O5. The van der Waals surface area contributed by atoms with E-state index in [1.807, 2.05) is 29.2 Å². The maximum Gasteiger partial charge on any atom is 0.415 e. The molecule has 3 heterocycles. The summed E-state index contributed by atoms with van der Waals surface area (Å²) in [5.74, 6) is 0.959. The molecule has 1 aliphatic heterocycles. The van der Waals surface area contributed by atoms with Gasteiger partial charge in [0.2, 0.25) is 0 Å². The molecule has 1 fully saturated rings. The van der Waals surface area contributed by atoms with E-state index in [1.165, 1.54) is 12.3 Å². The number of hydrogen-bond acceptors (Lipinski definition) is 7. The van der Waals surface area contributed by atoms with Gasteiger partial charge in [-0.15, -0.1) is 0 Å². The minimum atomic E-state index is -1.01. The Bertz CT molecular complexity index is 1070. The van der Waals surface area contributed by atoms with Crippen LogP contribution >= 0.6 is 0 Å². The lowest BCUT2D eigenvalue weighted by Crippen LogP contribution is -2.49. The van der Waals surface area contributed by atoms with Gasteiger partial charge >= 0.3 is 12.1 Å². The van der Waals surface area contributed by atoms with E-state index in [4.69, 9.17) is 14.6 Å². The summed E-state index contributed by atoms with van der Waals surface area (Å²) in [6.07, 6.45) is 5.06. The van der Waals surface area contributed by atoms with Crippen LogP contribution in [0.1, 0.15) is 15.9 Å². The normalized spacial score (nSPS) is 13.5. The fraction of sp³-hybridized carbons (Fsp3) is 0.250. The molecule has 1 aliphatic rings. The number of amides is 1. The Morgan fingerprint density at radius 1 is 0.909 bits per heavy atom. The Morgan fingerprint density at radius 3 is 2.27 bits per heavy atom. The summed E-state index contributed by atoms with van der Waals surface area (Å²) < 4.78 is 11.2. The number of benzene rings is 1. The van der Waals surface area contributed by atoms with Crippen LogP contribution in [0.25, 0.3) is 0 Å². The van der Waals surface area contributed by atoms with Gasteiger partial charge in [-0.2, -0.15) is 0 Å². The van der Waals surface area contributed by atoms with Gasteiger partial charge in [0.05, 0.1) is 12.2 Å². The second kappa shape index (κ2) is 10.4. The van der Waals surface area contributed by atoms with Crippen molar-refractivity contribution in [2.75, 3.05) is 37.7 Å². The van der Waals surface area contributed by atoms with Gasteiger partial charge in [-0.3, -0.25) is 4.98 Å². The molecule has 1 saturated heterocycles. The summed E-state index contributed by atoms with van der Waals surface area (Å²) >= 11 is 0. The molecule has 33 heavy (non-hydrogen) atoms. The van der Waals surface area contributed by atoms with Gasteiger partial charge in [-0.25, -0.2) is 14.6 Å². The highest BCUT2D eigenvalue weighted by Gasteiger charge is 2.23. The van der Waals surface area contributed by atoms with Crippen molar-refractivity contribution < 1.29 is 24.2 Å². The summed E-state index contributed by atoms with van der Waals surface area (Å²) in [6.45, 7) is 2.70. The molecule has 2 aromatic heterocycles.